The molecule has 0 aliphatic heterocycles. The average Bonchev–Trinajstić information content (AvgIpc) is 2.38. The van der Waals surface area contributed by atoms with E-state index in [-0.39, 0.29) is 0 Å². The lowest BCUT2D eigenvalue weighted by atomic mass is 9.95. The molecule has 2 rings (SSSR count). The van der Waals surface area contributed by atoms with Gasteiger partial charge in [-0.1, -0.05) is 60.1 Å². The molecule has 0 saturated heterocycles. The second-order valence-corrected chi connectivity index (χ2v) is 6.61. The minimum Gasteiger partial charge on any atom is -0.378 e. The van der Waals surface area contributed by atoms with Crippen LogP contribution in [0.4, 0.5) is 5.69 Å². The highest BCUT2D eigenvalue weighted by Crippen LogP contribution is 2.31. The molecule has 1 unspecified atom stereocenters. The van der Waals surface area contributed by atoms with Gasteiger partial charge in [-0.3, -0.25) is 0 Å². The van der Waals surface area contributed by atoms with Gasteiger partial charge in [-0.15, -0.1) is 0 Å². The number of aryl methyl sites for hydroxylation is 2. The lowest BCUT2D eigenvalue weighted by Gasteiger charge is -2.26. The van der Waals surface area contributed by atoms with Gasteiger partial charge < -0.3 is 5.32 Å². The van der Waals surface area contributed by atoms with Crippen LogP contribution in [0.15, 0.2) is 46.9 Å². The Hall–Kier alpha value is -1.28. The normalized spacial score (nSPS) is 12.5. The van der Waals surface area contributed by atoms with Gasteiger partial charge in [0.05, 0.1) is 6.04 Å². The van der Waals surface area contributed by atoms with E-state index in [9.17, 15) is 0 Å². The van der Waals surface area contributed by atoms with Gasteiger partial charge in [-0.2, -0.15) is 0 Å². The van der Waals surface area contributed by atoms with Gasteiger partial charge in [0.1, 0.15) is 0 Å². The Balaban J connectivity index is 2.35. The molecule has 2 heteroatoms. The Bertz CT molecular complexity index is 552. The van der Waals surface area contributed by atoms with Crippen LogP contribution in [0.2, 0.25) is 0 Å². The van der Waals surface area contributed by atoms with Crippen LogP contribution in [-0.4, -0.2) is 0 Å². The maximum atomic E-state index is 3.74. The fraction of sp³-hybridized carbons (Fsp3) is 0.333. The first-order valence-corrected chi connectivity index (χ1v) is 7.86. The Morgan fingerprint density at radius 3 is 2.00 bits per heavy atom. The molecule has 0 saturated carbocycles. The molecular formula is C18H22BrN. The maximum Gasteiger partial charge on any atom is 0.0536 e. The summed E-state index contributed by atoms with van der Waals surface area (Å²) in [5.74, 6) is 0.528. The second-order valence-electron chi connectivity index (χ2n) is 5.69. The number of hydrogen-bond donors (Lipinski definition) is 1. The first kappa shape index (κ1) is 15.1. The Kier molecular flexibility index (Phi) is 4.87. The van der Waals surface area contributed by atoms with Crippen molar-refractivity contribution in [1.29, 1.82) is 0 Å². The van der Waals surface area contributed by atoms with Crippen molar-refractivity contribution in [2.24, 2.45) is 5.92 Å². The van der Waals surface area contributed by atoms with Crippen LogP contribution in [0.1, 0.15) is 36.6 Å². The van der Waals surface area contributed by atoms with Crippen LogP contribution in [0.5, 0.6) is 0 Å². The molecule has 0 aliphatic carbocycles. The van der Waals surface area contributed by atoms with Crippen molar-refractivity contribution in [2.75, 3.05) is 5.32 Å². The largest absolute Gasteiger partial charge is 0.378 e. The number of nitrogens with one attached hydrogen (secondary N) is 1. The van der Waals surface area contributed by atoms with Crippen LogP contribution < -0.4 is 5.32 Å². The van der Waals surface area contributed by atoms with Crippen molar-refractivity contribution in [3.8, 4) is 0 Å². The van der Waals surface area contributed by atoms with Crippen molar-refractivity contribution >= 4 is 21.6 Å². The quantitative estimate of drug-likeness (QED) is 0.738. The fourth-order valence-corrected chi connectivity index (χ4v) is 3.28. The maximum absolute atomic E-state index is 3.74. The Morgan fingerprint density at radius 2 is 1.50 bits per heavy atom. The second kappa shape index (κ2) is 6.45. The van der Waals surface area contributed by atoms with E-state index in [1.807, 2.05) is 0 Å². The molecule has 0 aromatic heterocycles. The first-order chi connectivity index (χ1) is 9.49. The minimum absolute atomic E-state index is 0.328. The summed E-state index contributed by atoms with van der Waals surface area (Å²) in [6, 6.07) is 15.3. The van der Waals surface area contributed by atoms with Gasteiger partial charge in [-0.05, 0) is 48.6 Å². The van der Waals surface area contributed by atoms with Crippen molar-refractivity contribution in [1.82, 2.24) is 0 Å². The summed E-state index contributed by atoms with van der Waals surface area (Å²) in [5.41, 5.74) is 5.14. The van der Waals surface area contributed by atoms with Crippen molar-refractivity contribution in [3.05, 3.63) is 63.6 Å². The third-order valence-corrected chi connectivity index (χ3v) is 4.08. The third-order valence-electron chi connectivity index (χ3n) is 3.62. The highest BCUT2D eigenvalue weighted by molar-refractivity contribution is 9.10. The fourth-order valence-electron chi connectivity index (χ4n) is 2.59. The summed E-state index contributed by atoms with van der Waals surface area (Å²) in [4.78, 5) is 0. The molecule has 0 radical (unpaired) electrons. The Morgan fingerprint density at radius 1 is 0.950 bits per heavy atom. The lowest BCUT2D eigenvalue weighted by molar-refractivity contribution is 0.546. The van der Waals surface area contributed by atoms with E-state index in [0.717, 1.165) is 4.47 Å². The van der Waals surface area contributed by atoms with E-state index in [0.29, 0.717) is 12.0 Å². The molecule has 1 nitrogen and oxygen atoms in total. The molecule has 0 aliphatic rings. The summed E-state index contributed by atoms with van der Waals surface area (Å²) in [6.45, 7) is 8.83. The SMILES string of the molecule is Cc1cc(Br)cc(C)c1NC(c1ccccc1)C(C)C. The number of hydrogen-bond acceptors (Lipinski definition) is 1. The predicted octanol–water partition coefficient (Wildman–Crippen LogP) is 5.88. The smallest absolute Gasteiger partial charge is 0.0536 e. The van der Waals surface area contributed by atoms with E-state index < -0.39 is 0 Å². The highest BCUT2D eigenvalue weighted by atomic mass is 79.9. The van der Waals surface area contributed by atoms with Crippen molar-refractivity contribution in [3.63, 3.8) is 0 Å². The number of benzene rings is 2. The van der Waals surface area contributed by atoms with Gasteiger partial charge in [0.2, 0.25) is 0 Å². The zero-order valence-corrected chi connectivity index (χ0v) is 14.2. The van der Waals surface area contributed by atoms with Crippen LogP contribution in [0, 0.1) is 19.8 Å². The number of anilines is 1. The zero-order valence-electron chi connectivity index (χ0n) is 12.6. The summed E-state index contributed by atoms with van der Waals surface area (Å²) >= 11 is 3.56. The predicted molar refractivity (Wildman–Crippen MR) is 91.3 cm³/mol. The van der Waals surface area contributed by atoms with Crippen molar-refractivity contribution in [2.45, 2.75) is 33.7 Å². The molecule has 20 heavy (non-hydrogen) atoms. The van der Waals surface area contributed by atoms with E-state index >= 15 is 0 Å². The van der Waals surface area contributed by atoms with Crippen molar-refractivity contribution < 1.29 is 0 Å². The average molecular weight is 332 g/mol. The Labute approximate surface area is 130 Å². The van der Waals surface area contributed by atoms with Gasteiger partial charge in [0.15, 0.2) is 0 Å². The van der Waals surface area contributed by atoms with E-state index in [2.05, 4.69) is 91.4 Å². The third kappa shape index (κ3) is 3.43. The van der Waals surface area contributed by atoms with E-state index in [1.54, 1.807) is 0 Å². The molecule has 1 N–H and O–H groups in total. The van der Waals surface area contributed by atoms with Gasteiger partial charge in [-0.25, -0.2) is 0 Å². The standard InChI is InChI=1S/C18H22BrN/c1-12(2)17(15-8-6-5-7-9-15)20-18-13(3)10-16(19)11-14(18)4/h5-12,17,20H,1-4H3. The number of rotatable bonds is 4. The molecule has 0 amide bonds. The molecule has 1 atom stereocenters. The van der Waals surface area contributed by atoms with Crippen LogP contribution in [0.25, 0.3) is 0 Å². The monoisotopic (exact) mass is 331 g/mol. The van der Waals surface area contributed by atoms with Gasteiger partial charge in [0, 0.05) is 10.2 Å². The summed E-state index contributed by atoms with van der Waals surface area (Å²) < 4.78 is 1.14. The lowest BCUT2D eigenvalue weighted by Crippen LogP contribution is -2.18. The molecule has 2 aromatic rings. The van der Waals surface area contributed by atoms with Crippen LogP contribution >= 0.6 is 15.9 Å². The molecular weight excluding hydrogens is 310 g/mol. The highest BCUT2D eigenvalue weighted by Gasteiger charge is 2.17. The van der Waals surface area contributed by atoms with Crippen LogP contribution in [0.3, 0.4) is 0 Å². The minimum atomic E-state index is 0.328. The molecule has 106 valence electrons. The summed E-state index contributed by atoms with van der Waals surface area (Å²) in [5, 5.41) is 3.74. The molecule has 0 fully saturated rings. The zero-order chi connectivity index (χ0) is 14.7. The van der Waals surface area contributed by atoms with E-state index in [4.69, 9.17) is 0 Å². The van der Waals surface area contributed by atoms with Crippen LogP contribution in [-0.2, 0) is 0 Å². The molecule has 0 heterocycles. The molecule has 0 bridgehead atoms. The first-order valence-electron chi connectivity index (χ1n) is 7.07. The van der Waals surface area contributed by atoms with E-state index in [1.165, 1.54) is 22.4 Å². The summed E-state index contributed by atoms with van der Waals surface area (Å²) in [7, 11) is 0. The van der Waals surface area contributed by atoms with Gasteiger partial charge >= 0.3 is 0 Å². The number of halogens is 1. The molecule has 2 aromatic carbocycles. The molecule has 0 spiro atoms. The summed E-state index contributed by atoms with van der Waals surface area (Å²) in [6.07, 6.45) is 0. The topological polar surface area (TPSA) is 12.0 Å². The van der Waals surface area contributed by atoms with Gasteiger partial charge in [0.25, 0.3) is 0 Å².